The Labute approximate surface area is 117 Å². The minimum absolute atomic E-state index is 0.209. The summed E-state index contributed by atoms with van der Waals surface area (Å²) < 4.78 is 13.6. The van der Waals surface area contributed by atoms with Crippen LogP contribution in [-0.2, 0) is 6.54 Å². The molecule has 0 aliphatic carbocycles. The van der Waals surface area contributed by atoms with E-state index in [-0.39, 0.29) is 12.2 Å². The van der Waals surface area contributed by atoms with Crippen LogP contribution in [0.2, 0.25) is 0 Å². The number of benzene rings is 1. The van der Waals surface area contributed by atoms with Crippen molar-refractivity contribution in [2.24, 2.45) is 5.92 Å². The van der Waals surface area contributed by atoms with Crippen molar-refractivity contribution < 1.29 is 19.4 Å². The number of aliphatic hydroxyl groups is 1. The van der Waals surface area contributed by atoms with Gasteiger partial charge < -0.3 is 10.2 Å². The summed E-state index contributed by atoms with van der Waals surface area (Å²) in [7, 11) is 0. The number of aromatic carboxylic acids is 1. The number of hydrogen-bond acceptors (Lipinski definition) is 3. The fraction of sp³-hybridized carbons (Fsp3) is 0.533. The van der Waals surface area contributed by atoms with Crippen LogP contribution in [0.5, 0.6) is 0 Å². The van der Waals surface area contributed by atoms with E-state index in [2.05, 4.69) is 4.90 Å². The zero-order chi connectivity index (χ0) is 14.5. The zero-order valence-electron chi connectivity index (χ0n) is 11.4. The van der Waals surface area contributed by atoms with Crippen LogP contribution in [-0.4, -0.2) is 40.8 Å². The average Bonchev–Trinajstić information content (AvgIpc) is 2.39. The first kappa shape index (κ1) is 14.9. The Balaban J connectivity index is 1.99. The third-order valence-electron chi connectivity index (χ3n) is 3.81. The number of carboxylic acids is 1. The monoisotopic (exact) mass is 281 g/mol. The summed E-state index contributed by atoms with van der Waals surface area (Å²) in [6.07, 6.45) is 3.02. The van der Waals surface area contributed by atoms with E-state index >= 15 is 0 Å². The van der Waals surface area contributed by atoms with Crippen molar-refractivity contribution in [3.63, 3.8) is 0 Å². The number of carboxylic acid groups (broad SMARTS) is 1. The van der Waals surface area contributed by atoms with E-state index in [9.17, 15) is 9.18 Å². The molecule has 0 spiro atoms. The number of nitrogens with zero attached hydrogens (tertiary/aromatic N) is 1. The minimum Gasteiger partial charge on any atom is -0.478 e. The number of hydrogen-bond donors (Lipinski definition) is 2. The van der Waals surface area contributed by atoms with Gasteiger partial charge in [-0.25, -0.2) is 9.18 Å². The first-order valence-electron chi connectivity index (χ1n) is 6.95. The van der Waals surface area contributed by atoms with Crippen LogP contribution in [0, 0.1) is 11.7 Å². The summed E-state index contributed by atoms with van der Waals surface area (Å²) in [5.74, 6) is -1.43. The lowest BCUT2D eigenvalue weighted by molar-refractivity contribution is 0.0692. The van der Waals surface area contributed by atoms with E-state index in [4.69, 9.17) is 10.2 Å². The summed E-state index contributed by atoms with van der Waals surface area (Å²) in [4.78, 5) is 13.0. The standard InChI is InChI=1S/C15H20FNO3/c16-14-8-12(3-4-13(14)15(19)20)10-17-6-1-2-11(9-17)5-7-18/h3-4,8,11,18H,1-2,5-7,9-10H2,(H,19,20). The first-order chi connectivity index (χ1) is 9.60. The maximum Gasteiger partial charge on any atom is 0.338 e. The normalized spacial score (nSPS) is 20.0. The highest BCUT2D eigenvalue weighted by atomic mass is 19.1. The van der Waals surface area contributed by atoms with Crippen LogP contribution in [0.15, 0.2) is 18.2 Å². The maximum atomic E-state index is 13.6. The van der Waals surface area contributed by atoms with Crippen LogP contribution in [0.1, 0.15) is 35.2 Å². The molecular formula is C15H20FNO3. The highest BCUT2D eigenvalue weighted by Gasteiger charge is 2.20. The van der Waals surface area contributed by atoms with Crippen molar-refractivity contribution in [3.8, 4) is 0 Å². The van der Waals surface area contributed by atoms with Crippen LogP contribution < -0.4 is 0 Å². The number of piperidine rings is 1. The highest BCUT2D eigenvalue weighted by molar-refractivity contribution is 5.87. The van der Waals surface area contributed by atoms with Gasteiger partial charge in [-0.1, -0.05) is 6.07 Å². The lowest BCUT2D eigenvalue weighted by Crippen LogP contribution is -2.35. The second-order valence-electron chi connectivity index (χ2n) is 5.38. The van der Waals surface area contributed by atoms with Crippen LogP contribution in [0.3, 0.4) is 0 Å². The molecule has 0 radical (unpaired) electrons. The van der Waals surface area contributed by atoms with Gasteiger partial charge >= 0.3 is 5.97 Å². The molecule has 0 saturated carbocycles. The molecule has 0 aromatic heterocycles. The quantitative estimate of drug-likeness (QED) is 0.868. The summed E-state index contributed by atoms with van der Waals surface area (Å²) in [5.41, 5.74) is 0.502. The third kappa shape index (κ3) is 3.77. The lowest BCUT2D eigenvalue weighted by atomic mass is 9.95. The van der Waals surface area contributed by atoms with E-state index in [0.717, 1.165) is 37.9 Å². The Morgan fingerprint density at radius 3 is 2.90 bits per heavy atom. The van der Waals surface area contributed by atoms with E-state index in [1.54, 1.807) is 6.07 Å². The fourth-order valence-electron chi connectivity index (χ4n) is 2.80. The summed E-state index contributed by atoms with van der Waals surface area (Å²) in [6, 6.07) is 4.30. The molecule has 1 saturated heterocycles. The molecular weight excluding hydrogens is 261 g/mol. The van der Waals surface area contributed by atoms with Gasteiger partial charge in [-0.15, -0.1) is 0 Å². The molecule has 2 rings (SSSR count). The molecule has 1 aromatic rings. The molecule has 2 N–H and O–H groups in total. The fourth-order valence-corrected chi connectivity index (χ4v) is 2.80. The summed E-state index contributed by atoms with van der Waals surface area (Å²) >= 11 is 0. The third-order valence-corrected chi connectivity index (χ3v) is 3.81. The number of aliphatic hydroxyl groups excluding tert-OH is 1. The molecule has 1 aromatic carbocycles. The Bertz CT molecular complexity index is 476. The predicted octanol–water partition coefficient (Wildman–Crippen LogP) is 2.12. The average molecular weight is 281 g/mol. The summed E-state index contributed by atoms with van der Waals surface area (Å²) in [5, 5.41) is 17.8. The molecule has 0 bridgehead atoms. The zero-order valence-corrected chi connectivity index (χ0v) is 11.4. The van der Waals surface area contributed by atoms with E-state index < -0.39 is 11.8 Å². The van der Waals surface area contributed by atoms with Gasteiger partial charge in [0.25, 0.3) is 0 Å². The Kier molecular flexibility index (Phi) is 5.09. The maximum absolute atomic E-state index is 13.6. The van der Waals surface area contributed by atoms with Crippen molar-refractivity contribution in [3.05, 3.63) is 35.1 Å². The van der Waals surface area contributed by atoms with Crippen LogP contribution in [0.25, 0.3) is 0 Å². The van der Waals surface area contributed by atoms with E-state index in [1.807, 2.05) is 0 Å². The van der Waals surface area contributed by atoms with Gasteiger partial charge in [0.1, 0.15) is 5.82 Å². The minimum atomic E-state index is -1.24. The predicted molar refractivity (Wildman–Crippen MR) is 73.1 cm³/mol. The second-order valence-corrected chi connectivity index (χ2v) is 5.38. The van der Waals surface area contributed by atoms with Gasteiger partial charge in [0.15, 0.2) is 0 Å². The lowest BCUT2D eigenvalue weighted by Gasteiger charge is -2.32. The van der Waals surface area contributed by atoms with Gasteiger partial charge in [-0.2, -0.15) is 0 Å². The number of halogens is 1. The second kappa shape index (κ2) is 6.81. The van der Waals surface area contributed by atoms with Crippen molar-refractivity contribution >= 4 is 5.97 Å². The molecule has 110 valence electrons. The van der Waals surface area contributed by atoms with Crippen LogP contribution >= 0.6 is 0 Å². The smallest absolute Gasteiger partial charge is 0.338 e. The molecule has 1 fully saturated rings. The molecule has 1 aliphatic rings. The van der Waals surface area contributed by atoms with E-state index in [1.165, 1.54) is 12.1 Å². The molecule has 0 amide bonds. The van der Waals surface area contributed by atoms with Crippen molar-refractivity contribution in [1.29, 1.82) is 0 Å². The Morgan fingerprint density at radius 2 is 2.25 bits per heavy atom. The SMILES string of the molecule is O=C(O)c1ccc(CN2CCCC(CCO)C2)cc1F. The van der Waals surface area contributed by atoms with Crippen molar-refractivity contribution in [2.45, 2.75) is 25.8 Å². The molecule has 5 heteroatoms. The van der Waals surface area contributed by atoms with Crippen LogP contribution in [0.4, 0.5) is 4.39 Å². The molecule has 1 unspecified atom stereocenters. The molecule has 20 heavy (non-hydrogen) atoms. The van der Waals surface area contributed by atoms with E-state index in [0.29, 0.717) is 12.5 Å². The van der Waals surface area contributed by atoms with Crippen molar-refractivity contribution in [1.82, 2.24) is 4.90 Å². The topological polar surface area (TPSA) is 60.8 Å². The highest BCUT2D eigenvalue weighted by Crippen LogP contribution is 2.21. The Hall–Kier alpha value is -1.46. The van der Waals surface area contributed by atoms with Gasteiger partial charge in [0, 0.05) is 19.7 Å². The molecule has 1 aliphatic heterocycles. The molecule has 1 atom stereocenters. The van der Waals surface area contributed by atoms with Gasteiger partial charge in [0.05, 0.1) is 5.56 Å². The molecule has 1 heterocycles. The van der Waals surface area contributed by atoms with Gasteiger partial charge in [-0.3, -0.25) is 4.90 Å². The number of rotatable bonds is 5. The van der Waals surface area contributed by atoms with Gasteiger partial charge in [-0.05, 0) is 49.4 Å². The molecule has 4 nitrogen and oxygen atoms in total. The number of carbonyl (C=O) groups is 1. The summed E-state index contributed by atoms with van der Waals surface area (Å²) in [6.45, 7) is 2.70. The number of likely N-dealkylation sites (tertiary alicyclic amines) is 1. The first-order valence-corrected chi connectivity index (χ1v) is 6.95. The largest absolute Gasteiger partial charge is 0.478 e. The Morgan fingerprint density at radius 1 is 1.45 bits per heavy atom. The van der Waals surface area contributed by atoms with Gasteiger partial charge in [0.2, 0.25) is 0 Å². The van der Waals surface area contributed by atoms with Crippen molar-refractivity contribution in [2.75, 3.05) is 19.7 Å².